The minimum atomic E-state index is 0.0268. The molecule has 4 heteroatoms. The molecular formula is C14H11Cl2NO. The molecule has 0 atom stereocenters. The van der Waals surface area contributed by atoms with E-state index in [4.69, 9.17) is 23.2 Å². The van der Waals surface area contributed by atoms with E-state index in [1.807, 2.05) is 13.0 Å². The smallest absolute Gasteiger partial charge is 0.169 e. The molecule has 0 unspecified atom stereocenters. The van der Waals surface area contributed by atoms with Gasteiger partial charge in [0.05, 0.1) is 10.0 Å². The van der Waals surface area contributed by atoms with Crippen molar-refractivity contribution >= 4 is 29.0 Å². The first-order chi connectivity index (χ1) is 8.58. The number of pyridine rings is 1. The summed E-state index contributed by atoms with van der Waals surface area (Å²) in [6.45, 7) is 1.89. The van der Waals surface area contributed by atoms with Gasteiger partial charge in [0.15, 0.2) is 5.78 Å². The first-order valence-electron chi connectivity index (χ1n) is 5.45. The van der Waals surface area contributed by atoms with Crippen molar-refractivity contribution in [1.29, 1.82) is 0 Å². The standard InChI is InChI=1S/C14H11Cl2NO/c1-9-4-5-17-8-11(9)14(18)7-10-2-3-12(15)13(16)6-10/h2-6,8H,7H2,1H3. The highest BCUT2D eigenvalue weighted by atomic mass is 35.5. The monoisotopic (exact) mass is 279 g/mol. The topological polar surface area (TPSA) is 30.0 Å². The van der Waals surface area contributed by atoms with E-state index >= 15 is 0 Å². The van der Waals surface area contributed by atoms with Gasteiger partial charge in [-0.25, -0.2) is 0 Å². The van der Waals surface area contributed by atoms with Crippen LogP contribution in [0.25, 0.3) is 0 Å². The molecule has 0 aliphatic heterocycles. The SMILES string of the molecule is Cc1ccncc1C(=O)Cc1ccc(Cl)c(Cl)c1. The fourth-order valence-electron chi connectivity index (χ4n) is 1.69. The average Bonchev–Trinajstić information content (AvgIpc) is 2.34. The molecule has 0 fully saturated rings. The van der Waals surface area contributed by atoms with E-state index in [2.05, 4.69) is 4.98 Å². The minimum Gasteiger partial charge on any atom is -0.294 e. The summed E-state index contributed by atoms with van der Waals surface area (Å²) in [5.41, 5.74) is 2.41. The van der Waals surface area contributed by atoms with E-state index in [1.54, 1.807) is 30.6 Å². The highest BCUT2D eigenvalue weighted by Crippen LogP contribution is 2.23. The number of carbonyl (C=O) groups excluding carboxylic acids is 1. The lowest BCUT2D eigenvalue weighted by Crippen LogP contribution is -2.06. The zero-order chi connectivity index (χ0) is 13.1. The summed E-state index contributed by atoms with van der Waals surface area (Å²) >= 11 is 11.8. The minimum absolute atomic E-state index is 0.0268. The Kier molecular flexibility index (Phi) is 4.00. The van der Waals surface area contributed by atoms with Gasteiger partial charge in [0.2, 0.25) is 0 Å². The molecule has 1 aromatic heterocycles. The van der Waals surface area contributed by atoms with Crippen LogP contribution in [0.3, 0.4) is 0 Å². The lowest BCUT2D eigenvalue weighted by molar-refractivity contribution is 0.0992. The molecule has 0 N–H and O–H groups in total. The quantitative estimate of drug-likeness (QED) is 0.791. The molecule has 1 heterocycles. The Morgan fingerprint density at radius 1 is 1.22 bits per heavy atom. The Morgan fingerprint density at radius 3 is 2.67 bits per heavy atom. The molecule has 0 aliphatic rings. The normalized spacial score (nSPS) is 10.4. The summed E-state index contributed by atoms with van der Waals surface area (Å²) in [4.78, 5) is 16.1. The summed E-state index contributed by atoms with van der Waals surface area (Å²) in [5.74, 6) is 0.0268. The summed E-state index contributed by atoms with van der Waals surface area (Å²) in [5, 5.41) is 0.954. The number of ketones is 1. The number of nitrogens with zero attached hydrogens (tertiary/aromatic N) is 1. The van der Waals surface area contributed by atoms with Crippen molar-refractivity contribution in [1.82, 2.24) is 4.98 Å². The summed E-state index contributed by atoms with van der Waals surface area (Å²) in [6.07, 6.45) is 3.56. The number of carbonyl (C=O) groups is 1. The van der Waals surface area contributed by atoms with Crippen molar-refractivity contribution in [3.63, 3.8) is 0 Å². The number of hydrogen-bond acceptors (Lipinski definition) is 2. The van der Waals surface area contributed by atoms with E-state index in [0.29, 0.717) is 22.0 Å². The molecule has 0 spiro atoms. The summed E-state index contributed by atoms with van der Waals surface area (Å²) in [6, 6.07) is 7.04. The van der Waals surface area contributed by atoms with Gasteiger partial charge in [-0.3, -0.25) is 9.78 Å². The van der Waals surface area contributed by atoms with Crippen LogP contribution < -0.4 is 0 Å². The number of rotatable bonds is 3. The van der Waals surface area contributed by atoms with Crippen LogP contribution in [-0.4, -0.2) is 10.8 Å². The summed E-state index contributed by atoms with van der Waals surface area (Å²) in [7, 11) is 0. The molecule has 2 rings (SSSR count). The van der Waals surface area contributed by atoms with Crippen LogP contribution in [0.1, 0.15) is 21.5 Å². The van der Waals surface area contributed by atoms with Gasteiger partial charge in [0, 0.05) is 24.4 Å². The van der Waals surface area contributed by atoms with E-state index < -0.39 is 0 Å². The lowest BCUT2D eigenvalue weighted by atomic mass is 10.0. The van der Waals surface area contributed by atoms with Crippen molar-refractivity contribution < 1.29 is 4.79 Å². The van der Waals surface area contributed by atoms with E-state index in [9.17, 15) is 4.79 Å². The molecule has 2 nitrogen and oxygen atoms in total. The highest BCUT2D eigenvalue weighted by molar-refractivity contribution is 6.42. The molecule has 0 saturated heterocycles. The van der Waals surface area contributed by atoms with E-state index in [1.165, 1.54) is 0 Å². The average molecular weight is 280 g/mol. The molecule has 0 radical (unpaired) electrons. The van der Waals surface area contributed by atoms with Crippen LogP contribution in [0.2, 0.25) is 10.0 Å². The van der Waals surface area contributed by atoms with Crippen molar-refractivity contribution in [2.24, 2.45) is 0 Å². The number of aromatic nitrogens is 1. The van der Waals surface area contributed by atoms with Gasteiger partial charge in [0.1, 0.15) is 0 Å². The number of Topliss-reactive ketones (excluding diaryl/α,β-unsaturated/α-hetero) is 1. The molecule has 92 valence electrons. The Morgan fingerprint density at radius 2 is 2.00 bits per heavy atom. The number of benzene rings is 1. The summed E-state index contributed by atoms with van der Waals surface area (Å²) < 4.78 is 0. The van der Waals surface area contributed by atoms with E-state index in [0.717, 1.165) is 11.1 Å². The van der Waals surface area contributed by atoms with Crippen LogP contribution in [0, 0.1) is 6.92 Å². The Labute approximate surface area is 116 Å². The molecule has 18 heavy (non-hydrogen) atoms. The molecule has 2 aromatic rings. The molecule has 0 aliphatic carbocycles. The maximum absolute atomic E-state index is 12.1. The van der Waals surface area contributed by atoms with E-state index in [-0.39, 0.29) is 5.78 Å². The van der Waals surface area contributed by atoms with Crippen LogP contribution >= 0.6 is 23.2 Å². The first-order valence-corrected chi connectivity index (χ1v) is 6.21. The second-order valence-electron chi connectivity index (χ2n) is 4.04. The Hall–Kier alpha value is -1.38. The first kappa shape index (κ1) is 13.1. The zero-order valence-corrected chi connectivity index (χ0v) is 11.3. The van der Waals surface area contributed by atoms with Crippen molar-refractivity contribution in [3.8, 4) is 0 Å². The largest absolute Gasteiger partial charge is 0.294 e. The molecular weight excluding hydrogens is 269 g/mol. The van der Waals surface area contributed by atoms with Crippen molar-refractivity contribution in [3.05, 3.63) is 63.4 Å². The van der Waals surface area contributed by atoms with Gasteiger partial charge in [-0.2, -0.15) is 0 Å². The Balaban J connectivity index is 2.22. The highest BCUT2D eigenvalue weighted by Gasteiger charge is 2.10. The van der Waals surface area contributed by atoms with Gasteiger partial charge in [0.25, 0.3) is 0 Å². The third kappa shape index (κ3) is 2.89. The third-order valence-electron chi connectivity index (χ3n) is 2.69. The van der Waals surface area contributed by atoms with Crippen LogP contribution in [-0.2, 0) is 6.42 Å². The van der Waals surface area contributed by atoms with Crippen LogP contribution in [0.5, 0.6) is 0 Å². The molecule has 0 amide bonds. The van der Waals surface area contributed by atoms with Gasteiger partial charge < -0.3 is 0 Å². The zero-order valence-electron chi connectivity index (χ0n) is 9.78. The molecule has 0 bridgehead atoms. The maximum Gasteiger partial charge on any atom is 0.169 e. The van der Waals surface area contributed by atoms with Gasteiger partial charge in [-0.05, 0) is 36.2 Å². The fourth-order valence-corrected chi connectivity index (χ4v) is 2.01. The molecule has 0 saturated carbocycles. The Bertz CT molecular complexity index is 596. The molecule has 1 aromatic carbocycles. The number of halogens is 2. The number of hydrogen-bond donors (Lipinski definition) is 0. The third-order valence-corrected chi connectivity index (χ3v) is 3.43. The van der Waals surface area contributed by atoms with Crippen LogP contribution in [0.4, 0.5) is 0 Å². The number of aryl methyl sites for hydroxylation is 1. The maximum atomic E-state index is 12.1. The van der Waals surface area contributed by atoms with Gasteiger partial charge in [-0.15, -0.1) is 0 Å². The fraction of sp³-hybridized carbons (Fsp3) is 0.143. The second-order valence-corrected chi connectivity index (χ2v) is 4.85. The van der Waals surface area contributed by atoms with Crippen molar-refractivity contribution in [2.45, 2.75) is 13.3 Å². The van der Waals surface area contributed by atoms with Crippen molar-refractivity contribution in [2.75, 3.05) is 0 Å². The lowest BCUT2D eigenvalue weighted by Gasteiger charge is -2.05. The predicted molar refractivity (Wildman–Crippen MR) is 73.5 cm³/mol. The van der Waals surface area contributed by atoms with Gasteiger partial charge in [-0.1, -0.05) is 29.3 Å². The van der Waals surface area contributed by atoms with Crippen LogP contribution in [0.15, 0.2) is 36.7 Å². The second kappa shape index (κ2) is 5.51. The predicted octanol–water partition coefficient (Wildman–Crippen LogP) is 4.12. The van der Waals surface area contributed by atoms with Gasteiger partial charge >= 0.3 is 0 Å².